The normalized spacial score (nSPS) is 18.1. The lowest BCUT2D eigenvalue weighted by Crippen LogP contribution is -3.03. The zero-order valence-electron chi connectivity index (χ0n) is 15.9. The Labute approximate surface area is 161 Å². The van der Waals surface area contributed by atoms with Crippen LogP contribution in [0.5, 0.6) is 0 Å². The smallest absolute Gasteiger partial charge is 0.184 e. The van der Waals surface area contributed by atoms with Gasteiger partial charge in [-0.25, -0.2) is 14.5 Å². The van der Waals surface area contributed by atoms with Crippen LogP contribution < -0.4 is 11.1 Å². The molecule has 5 rings (SSSR count). The molecule has 0 unspecified atom stereocenters. The van der Waals surface area contributed by atoms with Gasteiger partial charge in [-0.1, -0.05) is 12.1 Å². The number of nitrogen functional groups attached to an aromatic ring is 1. The van der Waals surface area contributed by atoms with Crippen LogP contribution in [-0.2, 0) is 12.0 Å². The quantitative estimate of drug-likeness (QED) is 0.498. The second kappa shape index (κ2) is 5.27. The van der Waals surface area contributed by atoms with Crippen LogP contribution in [0.4, 0.5) is 5.69 Å². The zero-order chi connectivity index (χ0) is 19.0. The van der Waals surface area contributed by atoms with Crippen molar-refractivity contribution >= 4 is 32.9 Å². The highest BCUT2D eigenvalue weighted by Gasteiger charge is 2.43. The van der Waals surface area contributed by atoms with Crippen molar-refractivity contribution in [2.24, 2.45) is 0 Å². The lowest BCUT2D eigenvalue weighted by Gasteiger charge is -2.38. The van der Waals surface area contributed by atoms with E-state index in [0.717, 1.165) is 27.8 Å². The van der Waals surface area contributed by atoms with E-state index in [2.05, 4.69) is 38.1 Å². The molecule has 0 bridgehead atoms. The third-order valence-electron chi connectivity index (χ3n) is 5.30. The topological polar surface area (TPSA) is 85.7 Å². The number of anilines is 1. The van der Waals surface area contributed by atoms with Gasteiger partial charge in [-0.3, -0.25) is 0 Å². The number of fused-ring (bicyclic) bond motifs is 5. The molecule has 4 heterocycles. The summed E-state index contributed by atoms with van der Waals surface area (Å²) in [7, 11) is 0. The van der Waals surface area contributed by atoms with E-state index in [4.69, 9.17) is 15.7 Å². The predicted octanol–water partition coefficient (Wildman–Crippen LogP) is 2.72. The largest absolute Gasteiger partial charge is 0.398 e. The van der Waals surface area contributed by atoms with Crippen molar-refractivity contribution in [3.63, 3.8) is 0 Å². The molecule has 4 aromatic rings. The highest BCUT2D eigenvalue weighted by Crippen LogP contribution is 2.41. The van der Waals surface area contributed by atoms with Crippen molar-refractivity contribution in [1.82, 2.24) is 19.6 Å². The van der Waals surface area contributed by atoms with Gasteiger partial charge >= 0.3 is 0 Å². The minimum absolute atomic E-state index is 0.0200. The lowest BCUT2D eigenvalue weighted by atomic mass is 9.82. The number of thiophene rings is 1. The Bertz CT molecular complexity index is 1200. The Balaban J connectivity index is 1.81. The minimum atomic E-state index is 0.0200. The summed E-state index contributed by atoms with van der Waals surface area (Å²) in [5.41, 5.74) is 10.1. The number of nitrogens with two attached hydrogens (primary N) is 2. The van der Waals surface area contributed by atoms with E-state index < -0.39 is 0 Å². The molecule has 0 saturated heterocycles. The van der Waals surface area contributed by atoms with Gasteiger partial charge in [0.25, 0.3) is 0 Å². The van der Waals surface area contributed by atoms with E-state index >= 15 is 0 Å². The first kappa shape index (κ1) is 16.6. The van der Waals surface area contributed by atoms with E-state index in [1.54, 1.807) is 22.2 Å². The molecule has 1 aliphatic rings. The van der Waals surface area contributed by atoms with Crippen LogP contribution in [0.25, 0.3) is 27.3 Å². The van der Waals surface area contributed by atoms with Gasteiger partial charge < -0.3 is 11.1 Å². The van der Waals surface area contributed by atoms with Crippen molar-refractivity contribution in [2.45, 2.75) is 45.2 Å². The van der Waals surface area contributed by atoms with Crippen LogP contribution in [0.1, 0.15) is 38.1 Å². The monoisotopic (exact) mass is 379 g/mol. The molecule has 4 N–H and O–H groups in total. The molecule has 0 saturated carbocycles. The van der Waals surface area contributed by atoms with Gasteiger partial charge in [-0.2, -0.15) is 0 Å². The first-order valence-electron chi connectivity index (χ1n) is 9.14. The number of hydrogen-bond donors (Lipinski definition) is 2. The molecule has 3 aromatic heterocycles. The summed E-state index contributed by atoms with van der Waals surface area (Å²) in [5, 5.41) is 8.26. The maximum atomic E-state index is 6.14. The first-order chi connectivity index (χ1) is 12.8. The Hall–Kier alpha value is -2.51. The molecule has 27 heavy (non-hydrogen) atoms. The summed E-state index contributed by atoms with van der Waals surface area (Å²) >= 11 is 1.78. The minimum Gasteiger partial charge on any atom is -0.398 e. The third kappa shape index (κ3) is 2.45. The maximum Gasteiger partial charge on any atom is 0.184 e. The molecule has 0 fully saturated rings. The summed E-state index contributed by atoms with van der Waals surface area (Å²) < 4.78 is 1.79. The Morgan fingerprint density at radius 2 is 1.96 bits per heavy atom. The fraction of sp³-hybridized carbons (Fsp3) is 0.350. The van der Waals surface area contributed by atoms with Crippen LogP contribution in [0, 0.1) is 0 Å². The van der Waals surface area contributed by atoms with Crippen molar-refractivity contribution in [3.05, 3.63) is 41.0 Å². The summed E-state index contributed by atoms with van der Waals surface area (Å²) in [4.78, 5) is 12.0. The van der Waals surface area contributed by atoms with Gasteiger partial charge in [0.2, 0.25) is 0 Å². The van der Waals surface area contributed by atoms with Gasteiger partial charge in [0.15, 0.2) is 11.5 Å². The van der Waals surface area contributed by atoms with Gasteiger partial charge in [0.05, 0.1) is 15.8 Å². The maximum absolute atomic E-state index is 6.14. The van der Waals surface area contributed by atoms with E-state index in [-0.39, 0.29) is 11.1 Å². The highest BCUT2D eigenvalue weighted by atomic mass is 32.1. The van der Waals surface area contributed by atoms with Gasteiger partial charge in [0, 0.05) is 17.7 Å². The van der Waals surface area contributed by atoms with E-state index in [0.29, 0.717) is 11.5 Å². The molecular formula is C20H23N6S+. The van der Waals surface area contributed by atoms with Crippen LogP contribution in [0.2, 0.25) is 0 Å². The van der Waals surface area contributed by atoms with Crippen molar-refractivity contribution in [3.8, 4) is 11.4 Å². The summed E-state index contributed by atoms with van der Waals surface area (Å²) in [6, 6.07) is 7.71. The average Bonchev–Trinajstić information content (AvgIpc) is 3.15. The fourth-order valence-electron chi connectivity index (χ4n) is 4.51. The molecule has 0 radical (unpaired) electrons. The summed E-state index contributed by atoms with van der Waals surface area (Å²) in [6.45, 7) is 9.18. The lowest BCUT2D eigenvalue weighted by molar-refractivity contribution is -0.789. The number of para-hydroxylation sites is 1. The third-order valence-corrected chi connectivity index (χ3v) is 6.78. The van der Waals surface area contributed by atoms with Crippen molar-refractivity contribution in [2.75, 3.05) is 5.73 Å². The van der Waals surface area contributed by atoms with Crippen LogP contribution in [0.3, 0.4) is 0 Å². The van der Waals surface area contributed by atoms with Gasteiger partial charge in [-0.15, -0.1) is 16.4 Å². The summed E-state index contributed by atoms with van der Waals surface area (Å²) in [6.07, 6.45) is 2.75. The molecule has 1 aromatic carbocycles. The molecule has 1 aliphatic heterocycles. The van der Waals surface area contributed by atoms with Gasteiger partial charge in [-0.05, 0) is 45.4 Å². The Kier molecular flexibility index (Phi) is 3.25. The number of aromatic nitrogens is 4. The standard InChI is InChI=1S/C20H22N6S/c1-19(2)9-12-14-17-23-16(11-7-5-6-8-13(11)21)24-26(17)10-22-18(14)27-15(12)20(3,4)25-19/h5-8,10,25H,9,21H2,1-4H3/p+1. The predicted molar refractivity (Wildman–Crippen MR) is 109 cm³/mol. The molecule has 0 amide bonds. The molecular weight excluding hydrogens is 356 g/mol. The Morgan fingerprint density at radius 1 is 1.19 bits per heavy atom. The zero-order valence-corrected chi connectivity index (χ0v) is 16.8. The second-order valence-electron chi connectivity index (χ2n) is 8.66. The van der Waals surface area contributed by atoms with Crippen LogP contribution in [-0.4, -0.2) is 25.1 Å². The number of benzene rings is 1. The van der Waals surface area contributed by atoms with E-state index in [9.17, 15) is 0 Å². The molecule has 7 heteroatoms. The SMILES string of the molecule is CC1(C)Cc2c(sc3ncn4nc(-c5ccccc5N)nc4c23)C(C)(C)[NH2+]1. The number of rotatable bonds is 1. The van der Waals surface area contributed by atoms with Crippen LogP contribution in [0.15, 0.2) is 30.6 Å². The van der Waals surface area contributed by atoms with E-state index in [1.807, 2.05) is 24.3 Å². The Morgan fingerprint density at radius 3 is 2.74 bits per heavy atom. The molecule has 0 spiro atoms. The van der Waals surface area contributed by atoms with Crippen molar-refractivity contribution in [1.29, 1.82) is 0 Å². The number of hydrogen-bond acceptors (Lipinski definition) is 5. The first-order valence-corrected chi connectivity index (χ1v) is 9.96. The number of quaternary nitrogens is 1. The highest BCUT2D eigenvalue weighted by molar-refractivity contribution is 7.19. The second-order valence-corrected chi connectivity index (χ2v) is 9.66. The fourth-order valence-corrected chi connectivity index (χ4v) is 5.74. The molecule has 0 aliphatic carbocycles. The number of nitrogens with zero attached hydrogens (tertiary/aromatic N) is 4. The summed E-state index contributed by atoms with van der Waals surface area (Å²) in [5.74, 6) is 0.642. The molecule has 0 atom stereocenters. The van der Waals surface area contributed by atoms with Crippen LogP contribution >= 0.6 is 11.3 Å². The molecule has 138 valence electrons. The average molecular weight is 380 g/mol. The molecule has 6 nitrogen and oxygen atoms in total. The van der Waals surface area contributed by atoms with E-state index in [1.165, 1.54) is 10.4 Å². The van der Waals surface area contributed by atoms with Gasteiger partial charge in [0.1, 0.15) is 16.7 Å². The van der Waals surface area contributed by atoms with Crippen molar-refractivity contribution < 1.29 is 5.32 Å².